The average molecular weight is 621 g/mol. The van der Waals surface area contributed by atoms with Gasteiger partial charge in [-0.25, -0.2) is 4.79 Å². The second-order valence-electron chi connectivity index (χ2n) is 9.76. The van der Waals surface area contributed by atoms with Crippen LogP contribution in [0.5, 0.6) is 34.5 Å². The minimum Gasteiger partial charge on any atom is -0.481 e. The zero-order chi connectivity index (χ0) is 32.8. The molecule has 0 aliphatic carbocycles. The van der Waals surface area contributed by atoms with E-state index >= 15 is 0 Å². The molecule has 0 spiro atoms. The van der Waals surface area contributed by atoms with Gasteiger partial charge in [0, 0.05) is 64.3 Å². The quantitative estimate of drug-likeness (QED) is 0.260. The highest BCUT2D eigenvalue weighted by Crippen LogP contribution is 2.47. The molecule has 0 N–H and O–H groups in total. The van der Waals surface area contributed by atoms with Crippen LogP contribution < -0.4 is 28.4 Å². The van der Waals surface area contributed by atoms with Crippen molar-refractivity contribution in [3.8, 4) is 34.5 Å². The number of hydrogen-bond donors (Lipinski definition) is 0. The molecule has 0 saturated heterocycles. The van der Waals surface area contributed by atoms with Gasteiger partial charge < -0.3 is 33.2 Å². The van der Waals surface area contributed by atoms with Crippen molar-refractivity contribution in [2.75, 3.05) is 0 Å². The van der Waals surface area contributed by atoms with E-state index < -0.39 is 48.0 Å². The summed E-state index contributed by atoms with van der Waals surface area (Å²) in [4.78, 5) is 72.8. The minimum absolute atomic E-state index is 0.00173. The monoisotopic (exact) mass is 620 g/mol. The van der Waals surface area contributed by atoms with Crippen LogP contribution in [-0.4, -0.2) is 41.9 Å². The van der Waals surface area contributed by atoms with Crippen molar-refractivity contribution in [3.05, 3.63) is 71.3 Å². The molecule has 0 saturated carbocycles. The number of benzene rings is 3. The van der Waals surface area contributed by atoms with Gasteiger partial charge in [-0.05, 0) is 24.3 Å². The van der Waals surface area contributed by atoms with Crippen molar-refractivity contribution in [3.63, 3.8) is 0 Å². The fraction of sp³-hybridized carbons (Fsp3) is 0.250. The molecule has 234 valence electrons. The lowest BCUT2D eigenvalue weighted by Crippen LogP contribution is -2.35. The Hall–Kier alpha value is -5.72. The lowest BCUT2D eigenvalue weighted by Gasteiger charge is -2.34. The summed E-state index contributed by atoms with van der Waals surface area (Å²) in [5.41, 5.74) is 0.723. The molecule has 13 nitrogen and oxygen atoms in total. The molecular formula is C32H28O13. The lowest BCUT2D eigenvalue weighted by atomic mass is 9.93. The third kappa shape index (κ3) is 8.22. The van der Waals surface area contributed by atoms with Crippen LogP contribution in [0.15, 0.2) is 54.6 Å². The van der Waals surface area contributed by atoms with Gasteiger partial charge in [0.25, 0.3) is 0 Å². The Bertz CT molecular complexity index is 1640. The number of carbonyl (C=O) groups is 6. The van der Waals surface area contributed by atoms with Crippen molar-refractivity contribution >= 4 is 35.8 Å². The van der Waals surface area contributed by atoms with E-state index in [1.165, 1.54) is 38.1 Å². The zero-order valence-electron chi connectivity index (χ0n) is 24.9. The Morgan fingerprint density at radius 2 is 1.18 bits per heavy atom. The van der Waals surface area contributed by atoms with E-state index in [2.05, 4.69) is 0 Å². The molecule has 1 heterocycles. The summed E-state index contributed by atoms with van der Waals surface area (Å²) in [6.07, 6.45) is -2.37. The maximum absolute atomic E-state index is 13.2. The standard InChI is InChI=1S/C32H28O13/c1-16(33)39-23-13-25(40-17(2)34)24-15-29(45-32(38)21-9-7-6-8-10-21)30(44-26(24)14-23)22-11-27(41-18(3)35)31(43-20(5)37)28(12-22)42-19(4)36/h6-14,29-30H,15H2,1-5H3/t29-,30+/m1/s1. The third-order valence-electron chi connectivity index (χ3n) is 6.05. The first-order chi connectivity index (χ1) is 21.3. The Morgan fingerprint density at radius 3 is 1.71 bits per heavy atom. The van der Waals surface area contributed by atoms with Crippen LogP contribution in [0.3, 0.4) is 0 Å². The SMILES string of the molecule is CC(=O)Oc1cc(OC(C)=O)c2c(c1)O[C@@H](c1cc(OC(C)=O)c(OC(C)=O)c(OC(C)=O)c1)[C@H](OC(=O)c1ccccc1)C2. The molecule has 1 aliphatic rings. The maximum Gasteiger partial charge on any atom is 0.338 e. The second-order valence-corrected chi connectivity index (χ2v) is 9.76. The highest BCUT2D eigenvalue weighted by molar-refractivity contribution is 5.89. The summed E-state index contributed by atoms with van der Waals surface area (Å²) in [6.45, 7) is 5.69. The van der Waals surface area contributed by atoms with Crippen molar-refractivity contribution in [2.24, 2.45) is 0 Å². The van der Waals surface area contributed by atoms with Crippen molar-refractivity contribution in [2.45, 2.75) is 53.2 Å². The summed E-state index contributed by atoms with van der Waals surface area (Å²) < 4.78 is 38.6. The summed E-state index contributed by atoms with van der Waals surface area (Å²) >= 11 is 0. The number of hydrogen-bond acceptors (Lipinski definition) is 13. The van der Waals surface area contributed by atoms with Crippen LogP contribution in [-0.2, 0) is 35.1 Å². The van der Waals surface area contributed by atoms with Crippen molar-refractivity contribution < 1.29 is 61.9 Å². The van der Waals surface area contributed by atoms with Crippen LogP contribution >= 0.6 is 0 Å². The van der Waals surface area contributed by atoms with Gasteiger partial charge in [0.1, 0.15) is 23.4 Å². The van der Waals surface area contributed by atoms with Crippen LogP contribution in [0.2, 0.25) is 0 Å². The van der Waals surface area contributed by atoms with Gasteiger partial charge in [0.15, 0.2) is 17.6 Å². The predicted octanol–water partition coefficient (Wildman–Crippen LogP) is 4.21. The van der Waals surface area contributed by atoms with Crippen LogP contribution in [0.25, 0.3) is 0 Å². The summed E-state index contributed by atoms with van der Waals surface area (Å²) in [7, 11) is 0. The van der Waals surface area contributed by atoms with Crippen LogP contribution in [0.1, 0.15) is 62.2 Å². The Labute approximate surface area is 256 Å². The summed E-state index contributed by atoms with van der Waals surface area (Å²) in [6, 6.07) is 13.5. The molecule has 3 aromatic carbocycles. The minimum atomic E-state index is -1.18. The molecule has 0 unspecified atom stereocenters. The van der Waals surface area contributed by atoms with Gasteiger partial charge >= 0.3 is 35.8 Å². The van der Waals surface area contributed by atoms with Gasteiger partial charge in [0.05, 0.1) is 5.56 Å². The van der Waals surface area contributed by atoms with Crippen LogP contribution in [0.4, 0.5) is 0 Å². The van der Waals surface area contributed by atoms with E-state index in [0.29, 0.717) is 5.56 Å². The van der Waals surface area contributed by atoms with Gasteiger partial charge in [-0.1, -0.05) is 18.2 Å². The molecule has 0 bridgehead atoms. The summed E-state index contributed by atoms with van der Waals surface area (Å²) in [5, 5.41) is 0. The maximum atomic E-state index is 13.2. The molecule has 0 amide bonds. The van der Waals surface area contributed by atoms with E-state index in [1.54, 1.807) is 30.3 Å². The highest BCUT2D eigenvalue weighted by Gasteiger charge is 2.38. The van der Waals surface area contributed by atoms with Crippen molar-refractivity contribution in [1.29, 1.82) is 0 Å². The number of ether oxygens (including phenoxy) is 7. The smallest absolute Gasteiger partial charge is 0.338 e. The van der Waals surface area contributed by atoms with Gasteiger partial charge in [-0.3, -0.25) is 24.0 Å². The summed E-state index contributed by atoms with van der Waals surface area (Å²) in [5.74, 6) is -5.20. The fourth-order valence-electron chi connectivity index (χ4n) is 4.53. The highest BCUT2D eigenvalue weighted by atomic mass is 16.6. The van der Waals surface area contributed by atoms with Crippen molar-refractivity contribution in [1.82, 2.24) is 0 Å². The Morgan fingerprint density at radius 1 is 0.644 bits per heavy atom. The predicted molar refractivity (Wildman–Crippen MR) is 152 cm³/mol. The molecule has 2 atom stereocenters. The second kappa shape index (κ2) is 13.7. The number of esters is 6. The molecular weight excluding hydrogens is 592 g/mol. The zero-order valence-corrected chi connectivity index (χ0v) is 24.9. The molecule has 1 aliphatic heterocycles. The molecule has 3 aromatic rings. The van der Waals surface area contributed by atoms with E-state index in [1.807, 2.05) is 0 Å². The van der Waals surface area contributed by atoms with Gasteiger partial charge in [-0.15, -0.1) is 0 Å². The Kier molecular flexibility index (Phi) is 9.81. The Balaban J connectivity index is 1.91. The third-order valence-corrected chi connectivity index (χ3v) is 6.05. The van der Waals surface area contributed by atoms with E-state index in [0.717, 1.165) is 20.8 Å². The van der Waals surface area contributed by atoms with Crippen LogP contribution in [0, 0.1) is 0 Å². The van der Waals surface area contributed by atoms with Gasteiger partial charge in [0.2, 0.25) is 5.75 Å². The topological polar surface area (TPSA) is 167 Å². The van der Waals surface area contributed by atoms with E-state index in [9.17, 15) is 28.8 Å². The number of carbonyl (C=O) groups excluding carboxylic acids is 6. The fourth-order valence-corrected chi connectivity index (χ4v) is 4.53. The first kappa shape index (κ1) is 32.2. The van der Waals surface area contributed by atoms with E-state index in [-0.39, 0.29) is 52.0 Å². The normalized spacial score (nSPS) is 15.0. The number of fused-ring (bicyclic) bond motifs is 1. The average Bonchev–Trinajstić information content (AvgIpc) is 2.93. The number of rotatable bonds is 8. The molecule has 4 rings (SSSR count). The van der Waals surface area contributed by atoms with Gasteiger partial charge in [-0.2, -0.15) is 0 Å². The molecule has 0 fully saturated rings. The first-order valence-electron chi connectivity index (χ1n) is 13.5. The largest absolute Gasteiger partial charge is 0.481 e. The molecule has 45 heavy (non-hydrogen) atoms. The molecule has 0 aromatic heterocycles. The molecule has 0 radical (unpaired) electrons. The molecule has 13 heteroatoms. The van der Waals surface area contributed by atoms with E-state index in [4.69, 9.17) is 33.2 Å². The lowest BCUT2D eigenvalue weighted by molar-refractivity contribution is -0.135. The first-order valence-corrected chi connectivity index (χ1v) is 13.5.